The molecule has 4 rings (SSSR count). The van der Waals surface area contributed by atoms with Gasteiger partial charge in [0.1, 0.15) is 5.82 Å². The third-order valence-corrected chi connectivity index (χ3v) is 5.14. The SMILES string of the molecule is O=C(NCC1CCCO1)c1ccnc(N2CCN(C(=O)c3ccco3)CC2)c1. The van der Waals surface area contributed by atoms with Crippen molar-refractivity contribution in [1.82, 2.24) is 15.2 Å². The van der Waals surface area contributed by atoms with Gasteiger partial charge in [0, 0.05) is 51.1 Å². The topological polar surface area (TPSA) is 87.9 Å². The number of rotatable bonds is 5. The van der Waals surface area contributed by atoms with E-state index >= 15 is 0 Å². The Labute approximate surface area is 163 Å². The van der Waals surface area contributed by atoms with Gasteiger partial charge in [-0.1, -0.05) is 0 Å². The summed E-state index contributed by atoms with van der Waals surface area (Å²) in [6.07, 6.45) is 5.31. The van der Waals surface area contributed by atoms with Crippen LogP contribution in [-0.4, -0.2) is 67.1 Å². The highest BCUT2D eigenvalue weighted by atomic mass is 16.5. The third kappa shape index (κ3) is 4.17. The molecule has 0 spiro atoms. The molecule has 2 fully saturated rings. The zero-order valence-electron chi connectivity index (χ0n) is 15.7. The first-order valence-corrected chi connectivity index (χ1v) is 9.64. The summed E-state index contributed by atoms with van der Waals surface area (Å²) in [6.45, 7) is 3.77. The van der Waals surface area contributed by atoms with Crippen molar-refractivity contribution in [1.29, 1.82) is 0 Å². The molecule has 0 aromatic carbocycles. The minimum Gasteiger partial charge on any atom is -0.459 e. The monoisotopic (exact) mass is 384 g/mol. The van der Waals surface area contributed by atoms with E-state index in [9.17, 15) is 9.59 Å². The molecule has 28 heavy (non-hydrogen) atoms. The van der Waals surface area contributed by atoms with Crippen LogP contribution in [0.1, 0.15) is 33.8 Å². The Bertz CT molecular complexity index is 809. The predicted octanol–water partition coefficient (Wildman–Crippen LogP) is 1.55. The summed E-state index contributed by atoms with van der Waals surface area (Å²) in [5.41, 5.74) is 0.581. The second-order valence-electron chi connectivity index (χ2n) is 7.00. The average Bonchev–Trinajstić information content (AvgIpc) is 3.46. The number of carbonyl (C=O) groups is 2. The van der Waals surface area contributed by atoms with Gasteiger partial charge in [-0.2, -0.15) is 0 Å². The van der Waals surface area contributed by atoms with Crippen LogP contribution in [0.3, 0.4) is 0 Å². The number of hydrogen-bond donors (Lipinski definition) is 1. The lowest BCUT2D eigenvalue weighted by molar-refractivity contribution is 0.0714. The zero-order chi connectivity index (χ0) is 19.3. The van der Waals surface area contributed by atoms with Gasteiger partial charge in [0.2, 0.25) is 0 Å². The maximum atomic E-state index is 12.4. The van der Waals surface area contributed by atoms with Crippen molar-refractivity contribution in [2.24, 2.45) is 0 Å². The number of anilines is 1. The number of amides is 2. The average molecular weight is 384 g/mol. The number of ether oxygens (including phenoxy) is 1. The molecule has 148 valence electrons. The smallest absolute Gasteiger partial charge is 0.289 e. The van der Waals surface area contributed by atoms with Gasteiger partial charge in [-0.05, 0) is 37.1 Å². The van der Waals surface area contributed by atoms with Gasteiger partial charge in [0.05, 0.1) is 12.4 Å². The van der Waals surface area contributed by atoms with E-state index in [1.54, 1.807) is 35.4 Å². The number of aromatic nitrogens is 1. The highest BCUT2D eigenvalue weighted by Gasteiger charge is 2.25. The van der Waals surface area contributed by atoms with E-state index in [0.717, 1.165) is 25.3 Å². The Morgan fingerprint density at radius 3 is 2.79 bits per heavy atom. The molecular weight excluding hydrogens is 360 g/mol. The van der Waals surface area contributed by atoms with E-state index in [0.29, 0.717) is 44.0 Å². The Hall–Kier alpha value is -2.87. The van der Waals surface area contributed by atoms with Crippen molar-refractivity contribution < 1.29 is 18.7 Å². The van der Waals surface area contributed by atoms with Gasteiger partial charge < -0.3 is 24.3 Å². The van der Waals surface area contributed by atoms with Crippen LogP contribution in [0.25, 0.3) is 0 Å². The highest BCUT2D eigenvalue weighted by Crippen LogP contribution is 2.17. The number of hydrogen-bond acceptors (Lipinski definition) is 6. The molecule has 0 radical (unpaired) electrons. The lowest BCUT2D eigenvalue weighted by Crippen LogP contribution is -2.49. The van der Waals surface area contributed by atoms with Gasteiger partial charge >= 0.3 is 0 Å². The van der Waals surface area contributed by atoms with Crippen molar-refractivity contribution in [2.75, 3.05) is 44.2 Å². The molecule has 4 heterocycles. The number of nitrogens with zero attached hydrogens (tertiary/aromatic N) is 3. The first kappa shape index (κ1) is 18.5. The maximum Gasteiger partial charge on any atom is 0.289 e. The molecule has 1 atom stereocenters. The molecule has 0 saturated carbocycles. The number of carbonyl (C=O) groups excluding carboxylic acids is 2. The van der Waals surface area contributed by atoms with Crippen LogP contribution in [0.2, 0.25) is 0 Å². The third-order valence-electron chi connectivity index (χ3n) is 5.14. The van der Waals surface area contributed by atoms with Crippen LogP contribution < -0.4 is 10.2 Å². The van der Waals surface area contributed by atoms with Gasteiger partial charge in [-0.15, -0.1) is 0 Å². The standard InChI is InChI=1S/C20H24N4O4/c25-19(22-14-16-3-1-11-27-16)15-5-6-21-18(13-15)23-7-9-24(10-8-23)20(26)17-4-2-12-28-17/h2,4-6,12-13,16H,1,3,7-11,14H2,(H,22,25). The van der Waals surface area contributed by atoms with E-state index in [2.05, 4.69) is 15.2 Å². The number of piperazine rings is 1. The van der Waals surface area contributed by atoms with Crippen LogP contribution in [0.4, 0.5) is 5.82 Å². The van der Waals surface area contributed by atoms with E-state index in [1.165, 1.54) is 6.26 Å². The van der Waals surface area contributed by atoms with Crippen LogP contribution in [0.5, 0.6) is 0 Å². The first-order valence-electron chi connectivity index (χ1n) is 9.64. The van der Waals surface area contributed by atoms with Crippen molar-refractivity contribution >= 4 is 17.6 Å². The molecule has 0 bridgehead atoms. The van der Waals surface area contributed by atoms with Crippen molar-refractivity contribution in [3.63, 3.8) is 0 Å². The fourth-order valence-corrected chi connectivity index (χ4v) is 3.54. The van der Waals surface area contributed by atoms with Crippen LogP contribution in [0.15, 0.2) is 41.1 Å². The summed E-state index contributed by atoms with van der Waals surface area (Å²) in [7, 11) is 0. The molecule has 2 amide bonds. The maximum absolute atomic E-state index is 12.4. The highest BCUT2D eigenvalue weighted by molar-refractivity contribution is 5.95. The van der Waals surface area contributed by atoms with E-state index in [1.807, 2.05) is 0 Å². The predicted molar refractivity (Wildman–Crippen MR) is 102 cm³/mol. The fourth-order valence-electron chi connectivity index (χ4n) is 3.54. The minimum atomic E-state index is -0.120. The fraction of sp³-hybridized carbons (Fsp3) is 0.450. The Kier molecular flexibility index (Phi) is 5.57. The number of nitrogens with one attached hydrogen (secondary N) is 1. The molecule has 1 unspecified atom stereocenters. The molecule has 0 aliphatic carbocycles. The van der Waals surface area contributed by atoms with Crippen LogP contribution >= 0.6 is 0 Å². The summed E-state index contributed by atoms with van der Waals surface area (Å²) in [5, 5.41) is 2.94. The molecule has 2 aromatic heterocycles. The lowest BCUT2D eigenvalue weighted by atomic mass is 10.2. The molecule has 1 N–H and O–H groups in total. The summed E-state index contributed by atoms with van der Waals surface area (Å²) in [6, 6.07) is 6.90. The van der Waals surface area contributed by atoms with Gasteiger partial charge in [-0.3, -0.25) is 9.59 Å². The second-order valence-corrected chi connectivity index (χ2v) is 7.00. The van der Waals surface area contributed by atoms with Gasteiger partial charge in [0.15, 0.2) is 5.76 Å². The van der Waals surface area contributed by atoms with E-state index < -0.39 is 0 Å². The quantitative estimate of drug-likeness (QED) is 0.842. The second kappa shape index (κ2) is 8.43. The summed E-state index contributed by atoms with van der Waals surface area (Å²) < 4.78 is 10.7. The summed E-state index contributed by atoms with van der Waals surface area (Å²) in [5.74, 6) is 0.886. The van der Waals surface area contributed by atoms with E-state index in [4.69, 9.17) is 9.15 Å². The lowest BCUT2D eigenvalue weighted by Gasteiger charge is -2.35. The molecule has 2 aliphatic rings. The molecular formula is C20H24N4O4. The Morgan fingerprint density at radius 2 is 2.07 bits per heavy atom. The Morgan fingerprint density at radius 1 is 1.21 bits per heavy atom. The molecule has 8 nitrogen and oxygen atoms in total. The zero-order valence-corrected chi connectivity index (χ0v) is 15.7. The number of furan rings is 1. The Balaban J connectivity index is 1.33. The van der Waals surface area contributed by atoms with Crippen molar-refractivity contribution in [2.45, 2.75) is 18.9 Å². The van der Waals surface area contributed by atoms with Gasteiger partial charge in [0.25, 0.3) is 11.8 Å². The summed E-state index contributed by atoms with van der Waals surface area (Å²) >= 11 is 0. The summed E-state index contributed by atoms with van der Waals surface area (Å²) in [4.78, 5) is 33.1. The normalized spacial score (nSPS) is 19.6. The molecule has 2 aromatic rings. The largest absolute Gasteiger partial charge is 0.459 e. The van der Waals surface area contributed by atoms with Crippen LogP contribution in [-0.2, 0) is 4.74 Å². The number of pyridine rings is 1. The van der Waals surface area contributed by atoms with Crippen LogP contribution in [0, 0.1) is 0 Å². The van der Waals surface area contributed by atoms with Crippen molar-refractivity contribution in [3.8, 4) is 0 Å². The molecule has 8 heteroatoms. The van der Waals surface area contributed by atoms with Gasteiger partial charge in [-0.25, -0.2) is 4.98 Å². The first-order chi connectivity index (χ1) is 13.7. The minimum absolute atomic E-state index is 0.0973. The van der Waals surface area contributed by atoms with E-state index in [-0.39, 0.29) is 17.9 Å². The molecule has 2 saturated heterocycles. The van der Waals surface area contributed by atoms with Crippen molar-refractivity contribution in [3.05, 3.63) is 48.0 Å². The molecule has 2 aliphatic heterocycles.